The molecule has 0 aromatic heterocycles. The molecule has 1 saturated heterocycles. The molecule has 0 saturated carbocycles. The van der Waals surface area contributed by atoms with E-state index in [2.05, 4.69) is 10.6 Å². The molecule has 1 aliphatic heterocycles. The van der Waals surface area contributed by atoms with Gasteiger partial charge in [0.15, 0.2) is 0 Å². The van der Waals surface area contributed by atoms with Crippen LogP contribution in [0, 0.1) is 0 Å². The van der Waals surface area contributed by atoms with Crippen LogP contribution >= 0.6 is 0 Å². The van der Waals surface area contributed by atoms with Crippen molar-refractivity contribution in [3.63, 3.8) is 0 Å². The fourth-order valence-electron chi connectivity index (χ4n) is 2.75. The lowest BCUT2D eigenvalue weighted by molar-refractivity contribution is 0.0856. The summed E-state index contributed by atoms with van der Waals surface area (Å²) in [7, 11) is 3.08. The molecule has 7 nitrogen and oxygen atoms in total. The largest absolute Gasteiger partial charge is 0.497 e. The quantitative estimate of drug-likeness (QED) is 0.703. The number of ether oxygens (including phenoxy) is 3. The zero-order valence-corrected chi connectivity index (χ0v) is 14.4. The molecule has 0 radical (unpaired) electrons. The van der Waals surface area contributed by atoms with Crippen molar-refractivity contribution in [2.75, 3.05) is 27.4 Å². The minimum atomic E-state index is -0.904. The normalized spacial score (nSPS) is 19.4. The number of methoxy groups -OCH3 is 2. The maximum absolute atomic E-state index is 12.0. The molecule has 1 heterocycles. The smallest absolute Gasteiger partial charge is 0.315 e. The average molecular weight is 338 g/mol. The van der Waals surface area contributed by atoms with Crippen LogP contribution in [0.5, 0.6) is 11.5 Å². The van der Waals surface area contributed by atoms with Crippen molar-refractivity contribution in [3.8, 4) is 11.5 Å². The summed E-state index contributed by atoms with van der Waals surface area (Å²) in [5.74, 6) is 1.15. The van der Waals surface area contributed by atoms with Crippen molar-refractivity contribution in [2.45, 2.75) is 38.0 Å². The van der Waals surface area contributed by atoms with Gasteiger partial charge in [-0.2, -0.15) is 0 Å². The van der Waals surface area contributed by atoms with E-state index in [1.165, 1.54) is 7.11 Å². The van der Waals surface area contributed by atoms with Gasteiger partial charge < -0.3 is 30.0 Å². The third-order valence-electron chi connectivity index (χ3n) is 4.13. The molecule has 7 heteroatoms. The van der Waals surface area contributed by atoms with Gasteiger partial charge >= 0.3 is 6.03 Å². The zero-order valence-electron chi connectivity index (χ0n) is 14.4. The molecule has 3 N–H and O–H groups in total. The standard InChI is InChI=1S/C17H26N2O5/c1-11(15-5-4-8-24-15)19-17(21)18-10-14(20)13-9-12(22-2)6-7-16(13)23-3/h6-7,9,11,14-15,20H,4-5,8,10H2,1-3H3,(H2,18,19,21)/t11-,14-,15-/m1/s1. The van der Waals surface area contributed by atoms with Crippen LogP contribution in [0.1, 0.15) is 31.4 Å². The molecular weight excluding hydrogens is 312 g/mol. The number of carbonyl (C=O) groups is 1. The van der Waals surface area contributed by atoms with Crippen LogP contribution in [-0.2, 0) is 4.74 Å². The first kappa shape index (κ1) is 18.4. The summed E-state index contributed by atoms with van der Waals surface area (Å²) in [6.07, 6.45) is 1.12. The Kier molecular flexibility index (Phi) is 6.69. The molecule has 0 unspecified atom stereocenters. The summed E-state index contributed by atoms with van der Waals surface area (Å²) in [5, 5.41) is 15.9. The minimum absolute atomic E-state index is 0.0548. The number of amides is 2. The van der Waals surface area contributed by atoms with Crippen LogP contribution in [0.25, 0.3) is 0 Å². The fourth-order valence-corrected chi connectivity index (χ4v) is 2.75. The molecule has 1 aliphatic rings. The van der Waals surface area contributed by atoms with Crippen LogP contribution in [0.15, 0.2) is 18.2 Å². The number of hydrogen-bond acceptors (Lipinski definition) is 5. The summed E-state index contributed by atoms with van der Waals surface area (Å²) in [4.78, 5) is 12.0. The average Bonchev–Trinajstić information content (AvgIpc) is 3.13. The van der Waals surface area contributed by atoms with Gasteiger partial charge in [0.2, 0.25) is 0 Å². The molecule has 2 amide bonds. The summed E-state index contributed by atoms with van der Waals surface area (Å²) in [6, 6.07) is 4.75. The third-order valence-corrected chi connectivity index (χ3v) is 4.13. The maximum atomic E-state index is 12.0. The zero-order chi connectivity index (χ0) is 17.5. The third kappa shape index (κ3) is 4.75. The van der Waals surface area contributed by atoms with E-state index in [1.54, 1.807) is 25.3 Å². The molecule has 24 heavy (non-hydrogen) atoms. The Morgan fingerprint density at radius 1 is 1.42 bits per heavy atom. The molecule has 3 atom stereocenters. The van der Waals surface area contributed by atoms with Crippen LogP contribution in [0.2, 0.25) is 0 Å². The molecule has 1 aromatic carbocycles. The van der Waals surface area contributed by atoms with Gasteiger partial charge in [0.25, 0.3) is 0 Å². The van der Waals surface area contributed by atoms with Gasteiger partial charge in [-0.15, -0.1) is 0 Å². The van der Waals surface area contributed by atoms with E-state index in [4.69, 9.17) is 14.2 Å². The lowest BCUT2D eigenvalue weighted by Gasteiger charge is -2.21. The first-order valence-corrected chi connectivity index (χ1v) is 8.11. The minimum Gasteiger partial charge on any atom is -0.497 e. The molecular formula is C17H26N2O5. The van der Waals surface area contributed by atoms with Gasteiger partial charge in [-0.1, -0.05) is 0 Å². The second kappa shape index (κ2) is 8.75. The SMILES string of the molecule is COc1ccc(OC)c([C@H](O)CNC(=O)N[C@H](C)[C@H]2CCCO2)c1. The first-order valence-electron chi connectivity index (χ1n) is 8.11. The van der Waals surface area contributed by atoms with E-state index in [-0.39, 0.29) is 24.7 Å². The first-order chi connectivity index (χ1) is 11.5. The van der Waals surface area contributed by atoms with Gasteiger partial charge in [-0.25, -0.2) is 4.79 Å². The van der Waals surface area contributed by atoms with E-state index in [0.29, 0.717) is 17.1 Å². The Bertz CT molecular complexity index is 546. The second-order valence-electron chi connectivity index (χ2n) is 5.82. The predicted molar refractivity (Wildman–Crippen MR) is 89.5 cm³/mol. The molecule has 0 spiro atoms. The molecule has 0 aliphatic carbocycles. The van der Waals surface area contributed by atoms with Crippen LogP contribution in [0.4, 0.5) is 4.79 Å². The molecule has 2 rings (SSSR count). The van der Waals surface area contributed by atoms with E-state index >= 15 is 0 Å². The van der Waals surface area contributed by atoms with Crippen LogP contribution in [0.3, 0.4) is 0 Å². The number of benzene rings is 1. The second-order valence-corrected chi connectivity index (χ2v) is 5.82. The molecule has 0 bridgehead atoms. The lowest BCUT2D eigenvalue weighted by Crippen LogP contribution is -2.46. The Morgan fingerprint density at radius 2 is 2.21 bits per heavy atom. The Hall–Kier alpha value is -1.99. The highest BCUT2D eigenvalue weighted by molar-refractivity contribution is 5.74. The molecule has 1 aromatic rings. The van der Waals surface area contributed by atoms with Crippen molar-refractivity contribution >= 4 is 6.03 Å². The van der Waals surface area contributed by atoms with Gasteiger partial charge in [0.05, 0.1) is 26.4 Å². The van der Waals surface area contributed by atoms with Crippen molar-refractivity contribution < 1.29 is 24.1 Å². The van der Waals surface area contributed by atoms with Gasteiger partial charge in [-0.05, 0) is 38.0 Å². The van der Waals surface area contributed by atoms with Crippen LogP contribution in [-0.4, -0.2) is 50.7 Å². The topological polar surface area (TPSA) is 89.0 Å². The predicted octanol–water partition coefficient (Wildman–Crippen LogP) is 1.60. The van der Waals surface area contributed by atoms with Crippen molar-refractivity contribution in [1.82, 2.24) is 10.6 Å². The number of carbonyl (C=O) groups excluding carboxylic acids is 1. The highest BCUT2D eigenvalue weighted by atomic mass is 16.5. The number of rotatable bonds is 7. The fraction of sp³-hybridized carbons (Fsp3) is 0.588. The maximum Gasteiger partial charge on any atom is 0.315 e. The summed E-state index contributed by atoms with van der Waals surface area (Å²) in [5.41, 5.74) is 0.560. The summed E-state index contributed by atoms with van der Waals surface area (Å²) < 4.78 is 15.9. The van der Waals surface area contributed by atoms with Crippen molar-refractivity contribution in [1.29, 1.82) is 0 Å². The Balaban J connectivity index is 1.87. The molecule has 134 valence electrons. The monoisotopic (exact) mass is 338 g/mol. The number of nitrogens with one attached hydrogen (secondary N) is 2. The van der Waals surface area contributed by atoms with Gasteiger partial charge in [0.1, 0.15) is 17.6 Å². The Morgan fingerprint density at radius 3 is 2.83 bits per heavy atom. The van der Waals surface area contributed by atoms with Gasteiger partial charge in [-0.3, -0.25) is 0 Å². The number of aliphatic hydroxyl groups excluding tert-OH is 1. The van der Waals surface area contributed by atoms with Crippen molar-refractivity contribution in [2.24, 2.45) is 0 Å². The summed E-state index contributed by atoms with van der Waals surface area (Å²) in [6.45, 7) is 2.72. The van der Waals surface area contributed by atoms with E-state index in [9.17, 15) is 9.90 Å². The van der Waals surface area contributed by atoms with E-state index in [0.717, 1.165) is 19.4 Å². The van der Waals surface area contributed by atoms with Crippen molar-refractivity contribution in [3.05, 3.63) is 23.8 Å². The number of aliphatic hydroxyl groups is 1. The molecule has 1 fully saturated rings. The highest BCUT2D eigenvalue weighted by Crippen LogP contribution is 2.29. The number of urea groups is 1. The van der Waals surface area contributed by atoms with Gasteiger partial charge in [0, 0.05) is 18.7 Å². The number of hydrogen-bond donors (Lipinski definition) is 3. The van der Waals surface area contributed by atoms with E-state index < -0.39 is 6.10 Å². The van der Waals surface area contributed by atoms with E-state index in [1.807, 2.05) is 6.92 Å². The Labute approximate surface area is 142 Å². The lowest BCUT2D eigenvalue weighted by atomic mass is 10.1. The highest BCUT2D eigenvalue weighted by Gasteiger charge is 2.24. The summed E-state index contributed by atoms with van der Waals surface area (Å²) >= 11 is 0. The van der Waals surface area contributed by atoms with Crippen LogP contribution < -0.4 is 20.1 Å².